The fourth-order valence-electron chi connectivity index (χ4n) is 1.43. The summed E-state index contributed by atoms with van der Waals surface area (Å²) in [6.07, 6.45) is 2.31. The van der Waals surface area contributed by atoms with Crippen molar-refractivity contribution in [3.63, 3.8) is 0 Å². The van der Waals surface area contributed by atoms with Crippen molar-refractivity contribution >= 4 is 6.08 Å². The van der Waals surface area contributed by atoms with Crippen molar-refractivity contribution < 1.29 is 9.53 Å². The maximum absolute atomic E-state index is 9.91. The molecule has 0 heterocycles. The SMILES string of the molecule is CCOc1ccc(CCN=C=O)c(C)c1. The molecule has 0 amide bonds. The topological polar surface area (TPSA) is 38.7 Å². The molecule has 0 aromatic heterocycles. The molecule has 0 N–H and O–H groups in total. The van der Waals surface area contributed by atoms with Crippen LogP contribution in [0, 0.1) is 6.92 Å². The second-order valence-corrected chi connectivity index (χ2v) is 3.24. The zero-order valence-electron chi connectivity index (χ0n) is 9.12. The van der Waals surface area contributed by atoms with Gasteiger partial charge in [-0.05, 0) is 43.5 Å². The number of isocyanates is 1. The fraction of sp³-hybridized carbons (Fsp3) is 0.417. The van der Waals surface area contributed by atoms with Crippen LogP contribution < -0.4 is 4.74 Å². The first-order valence-electron chi connectivity index (χ1n) is 5.04. The van der Waals surface area contributed by atoms with E-state index in [0.29, 0.717) is 13.2 Å². The van der Waals surface area contributed by atoms with Crippen LogP contribution in [-0.2, 0) is 11.2 Å². The Kier molecular flexibility index (Phi) is 4.58. The van der Waals surface area contributed by atoms with E-state index in [4.69, 9.17) is 4.74 Å². The lowest BCUT2D eigenvalue weighted by molar-refractivity contribution is 0.340. The summed E-state index contributed by atoms with van der Waals surface area (Å²) in [5, 5.41) is 0. The van der Waals surface area contributed by atoms with Gasteiger partial charge in [-0.3, -0.25) is 0 Å². The van der Waals surface area contributed by atoms with Crippen LogP contribution in [0.3, 0.4) is 0 Å². The molecule has 0 saturated carbocycles. The summed E-state index contributed by atoms with van der Waals surface area (Å²) in [6.45, 7) is 5.16. The molecule has 15 heavy (non-hydrogen) atoms. The average Bonchev–Trinajstić information content (AvgIpc) is 2.22. The number of hydrogen-bond acceptors (Lipinski definition) is 3. The first kappa shape index (κ1) is 11.5. The van der Waals surface area contributed by atoms with Crippen molar-refractivity contribution in [2.24, 2.45) is 4.99 Å². The minimum Gasteiger partial charge on any atom is -0.494 e. The van der Waals surface area contributed by atoms with E-state index in [-0.39, 0.29) is 0 Å². The van der Waals surface area contributed by atoms with Crippen LogP contribution in [0.4, 0.5) is 0 Å². The van der Waals surface area contributed by atoms with Crippen molar-refractivity contribution in [2.75, 3.05) is 13.2 Å². The Morgan fingerprint density at radius 1 is 1.47 bits per heavy atom. The molecule has 80 valence electrons. The second kappa shape index (κ2) is 5.99. The summed E-state index contributed by atoms with van der Waals surface area (Å²) in [5.74, 6) is 0.887. The van der Waals surface area contributed by atoms with Crippen LogP contribution in [0.2, 0.25) is 0 Å². The molecule has 0 bridgehead atoms. The number of carbonyl (C=O) groups excluding carboxylic acids is 1. The van der Waals surface area contributed by atoms with E-state index in [0.717, 1.165) is 12.2 Å². The molecule has 3 heteroatoms. The van der Waals surface area contributed by atoms with Crippen molar-refractivity contribution in [2.45, 2.75) is 20.3 Å². The lowest BCUT2D eigenvalue weighted by atomic mass is 10.1. The predicted molar refractivity (Wildman–Crippen MR) is 59.0 cm³/mol. The number of benzene rings is 1. The number of nitrogens with zero attached hydrogens (tertiary/aromatic N) is 1. The highest BCUT2D eigenvalue weighted by Gasteiger charge is 2.00. The highest BCUT2D eigenvalue weighted by Crippen LogP contribution is 2.17. The molecular formula is C12H15NO2. The lowest BCUT2D eigenvalue weighted by Crippen LogP contribution is -1.96. The molecule has 0 radical (unpaired) electrons. The van der Waals surface area contributed by atoms with Crippen LogP contribution in [0.5, 0.6) is 5.75 Å². The molecule has 0 saturated heterocycles. The standard InChI is InChI=1S/C12H15NO2/c1-3-15-12-5-4-11(10(2)8-12)6-7-13-9-14/h4-5,8H,3,6-7H2,1-2H3. The van der Waals surface area contributed by atoms with Gasteiger partial charge in [0.1, 0.15) is 5.75 Å². The lowest BCUT2D eigenvalue weighted by Gasteiger charge is -2.07. The average molecular weight is 205 g/mol. The van der Waals surface area contributed by atoms with Crippen molar-refractivity contribution in [1.29, 1.82) is 0 Å². The van der Waals surface area contributed by atoms with Crippen LogP contribution in [0.1, 0.15) is 18.1 Å². The van der Waals surface area contributed by atoms with E-state index in [1.54, 1.807) is 0 Å². The summed E-state index contributed by atoms with van der Waals surface area (Å²) in [5.41, 5.74) is 2.36. The molecule has 0 fully saturated rings. The van der Waals surface area contributed by atoms with Gasteiger partial charge in [-0.25, -0.2) is 9.79 Å². The summed E-state index contributed by atoms with van der Waals surface area (Å²) < 4.78 is 5.38. The second-order valence-electron chi connectivity index (χ2n) is 3.24. The van der Waals surface area contributed by atoms with Gasteiger partial charge in [0, 0.05) is 0 Å². The normalized spacial score (nSPS) is 9.47. The molecule has 0 aliphatic heterocycles. The molecular weight excluding hydrogens is 190 g/mol. The van der Waals surface area contributed by atoms with E-state index >= 15 is 0 Å². The fourth-order valence-corrected chi connectivity index (χ4v) is 1.43. The van der Waals surface area contributed by atoms with Gasteiger partial charge in [-0.2, -0.15) is 0 Å². The molecule has 0 aliphatic rings. The Hall–Kier alpha value is -1.60. The first-order valence-corrected chi connectivity index (χ1v) is 5.04. The molecule has 0 aliphatic carbocycles. The van der Waals surface area contributed by atoms with Crippen molar-refractivity contribution in [1.82, 2.24) is 0 Å². The maximum Gasteiger partial charge on any atom is 0.234 e. The predicted octanol–water partition coefficient (Wildman–Crippen LogP) is 2.27. The Bertz CT molecular complexity index is 368. The van der Waals surface area contributed by atoms with Gasteiger partial charge < -0.3 is 4.74 Å². The van der Waals surface area contributed by atoms with E-state index in [2.05, 4.69) is 4.99 Å². The summed E-state index contributed by atoms with van der Waals surface area (Å²) in [4.78, 5) is 13.4. The third-order valence-corrected chi connectivity index (χ3v) is 2.18. The Morgan fingerprint density at radius 3 is 2.87 bits per heavy atom. The van der Waals surface area contributed by atoms with Crippen LogP contribution in [0.25, 0.3) is 0 Å². The van der Waals surface area contributed by atoms with E-state index < -0.39 is 0 Å². The van der Waals surface area contributed by atoms with Gasteiger partial charge in [0.2, 0.25) is 6.08 Å². The maximum atomic E-state index is 9.91. The molecule has 1 aromatic carbocycles. The van der Waals surface area contributed by atoms with Gasteiger partial charge >= 0.3 is 0 Å². The van der Waals surface area contributed by atoms with Crippen LogP contribution in [-0.4, -0.2) is 19.2 Å². The third kappa shape index (κ3) is 3.56. The van der Waals surface area contributed by atoms with Crippen LogP contribution in [0.15, 0.2) is 23.2 Å². The monoisotopic (exact) mass is 205 g/mol. The molecule has 1 rings (SSSR count). The number of hydrogen-bond donors (Lipinski definition) is 0. The number of rotatable bonds is 5. The van der Waals surface area contributed by atoms with E-state index in [1.165, 1.54) is 17.2 Å². The number of aryl methyl sites for hydroxylation is 1. The third-order valence-electron chi connectivity index (χ3n) is 2.18. The first-order chi connectivity index (χ1) is 7.27. The largest absolute Gasteiger partial charge is 0.494 e. The quantitative estimate of drug-likeness (QED) is 0.546. The van der Waals surface area contributed by atoms with Crippen molar-refractivity contribution in [3.8, 4) is 5.75 Å². The smallest absolute Gasteiger partial charge is 0.234 e. The minimum atomic E-state index is 0.498. The summed E-state index contributed by atoms with van der Waals surface area (Å²) in [6, 6.07) is 5.96. The Morgan fingerprint density at radius 2 is 2.27 bits per heavy atom. The Balaban J connectivity index is 2.69. The van der Waals surface area contributed by atoms with Gasteiger partial charge in [-0.1, -0.05) is 6.07 Å². The molecule has 0 atom stereocenters. The number of aliphatic imine (C=N–C) groups is 1. The van der Waals surface area contributed by atoms with Gasteiger partial charge in [0.15, 0.2) is 0 Å². The molecule has 3 nitrogen and oxygen atoms in total. The molecule has 1 aromatic rings. The Labute approximate surface area is 89.8 Å². The van der Waals surface area contributed by atoms with Crippen LogP contribution >= 0.6 is 0 Å². The van der Waals surface area contributed by atoms with Gasteiger partial charge in [-0.15, -0.1) is 0 Å². The minimum absolute atomic E-state index is 0.498. The highest BCUT2D eigenvalue weighted by molar-refractivity contribution is 5.36. The highest BCUT2D eigenvalue weighted by atomic mass is 16.5. The summed E-state index contributed by atoms with van der Waals surface area (Å²) >= 11 is 0. The number of ether oxygens (including phenoxy) is 1. The van der Waals surface area contributed by atoms with Gasteiger partial charge in [0.05, 0.1) is 13.2 Å². The van der Waals surface area contributed by atoms with E-state index in [1.807, 2.05) is 32.0 Å². The van der Waals surface area contributed by atoms with Gasteiger partial charge in [0.25, 0.3) is 0 Å². The zero-order valence-corrected chi connectivity index (χ0v) is 9.12. The van der Waals surface area contributed by atoms with E-state index in [9.17, 15) is 4.79 Å². The molecule has 0 spiro atoms. The molecule has 0 unspecified atom stereocenters. The van der Waals surface area contributed by atoms with Crippen molar-refractivity contribution in [3.05, 3.63) is 29.3 Å². The summed E-state index contributed by atoms with van der Waals surface area (Å²) in [7, 11) is 0. The zero-order chi connectivity index (χ0) is 11.1.